The number of hydrogen-bond acceptors (Lipinski definition) is 4. The molecule has 2 bridgehead atoms. The van der Waals surface area contributed by atoms with Gasteiger partial charge in [-0.15, -0.1) is 0 Å². The van der Waals surface area contributed by atoms with Crippen LogP contribution in [0.3, 0.4) is 0 Å². The number of likely N-dealkylation sites (tertiary alicyclic amines) is 1. The van der Waals surface area contributed by atoms with Gasteiger partial charge in [-0.05, 0) is 48.9 Å². The van der Waals surface area contributed by atoms with Crippen LogP contribution in [-0.2, 0) is 19.1 Å². The van der Waals surface area contributed by atoms with Crippen LogP contribution in [0, 0.1) is 23.7 Å². The molecule has 3 fully saturated rings. The normalized spacial score (nSPS) is 36.7. The van der Waals surface area contributed by atoms with Crippen molar-refractivity contribution >= 4 is 35.0 Å². The van der Waals surface area contributed by atoms with Crippen LogP contribution in [0.15, 0.2) is 36.4 Å². The van der Waals surface area contributed by atoms with E-state index in [0.29, 0.717) is 29.1 Å². The molecule has 3 aliphatic heterocycles. The van der Waals surface area contributed by atoms with Gasteiger partial charge >= 0.3 is 0 Å². The van der Waals surface area contributed by atoms with E-state index in [1.807, 2.05) is 12.2 Å². The number of ether oxygens (including phenoxy) is 1. The fraction of sp³-hybridized carbons (Fsp3) is 0.607. The van der Waals surface area contributed by atoms with Crippen LogP contribution >= 0.6 is 11.6 Å². The van der Waals surface area contributed by atoms with Crippen LogP contribution in [0.1, 0.15) is 52.9 Å². The molecule has 36 heavy (non-hydrogen) atoms. The Hall–Kier alpha value is -2.38. The van der Waals surface area contributed by atoms with E-state index in [-0.39, 0.29) is 23.8 Å². The van der Waals surface area contributed by atoms with E-state index in [4.69, 9.17) is 16.3 Å². The van der Waals surface area contributed by atoms with E-state index >= 15 is 0 Å². The van der Waals surface area contributed by atoms with Crippen LogP contribution in [0.5, 0.6) is 0 Å². The van der Waals surface area contributed by atoms with Crippen molar-refractivity contribution in [1.29, 1.82) is 0 Å². The number of fused-ring (bicyclic) bond motifs is 1. The van der Waals surface area contributed by atoms with Gasteiger partial charge in [0, 0.05) is 23.3 Å². The highest BCUT2D eigenvalue weighted by atomic mass is 35.5. The number of benzene rings is 1. The summed E-state index contributed by atoms with van der Waals surface area (Å²) < 4.78 is 6.41. The molecule has 1 spiro atoms. The average Bonchev–Trinajstić information content (AvgIpc) is 3.49. The van der Waals surface area contributed by atoms with E-state index in [2.05, 4.69) is 31.4 Å². The number of anilines is 1. The smallest absolute Gasteiger partial charge is 0.246 e. The second-order valence-electron chi connectivity index (χ2n) is 11.0. The van der Waals surface area contributed by atoms with Crippen LogP contribution in [0.4, 0.5) is 5.69 Å². The van der Waals surface area contributed by atoms with Crippen LogP contribution in [0.2, 0.25) is 5.02 Å². The third-order valence-corrected chi connectivity index (χ3v) is 9.08. The maximum absolute atomic E-state index is 13.9. The fourth-order valence-corrected chi connectivity index (χ4v) is 6.77. The molecule has 0 aromatic heterocycles. The predicted octanol–water partition coefficient (Wildman–Crippen LogP) is 4.17. The lowest BCUT2D eigenvalue weighted by molar-refractivity contribution is -0.141. The van der Waals surface area contributed by atoms with Crippen LogP contribution < -0.4 is 10.6 Å². The Morgan fingerprint density at radius 2 is 1.92 bits per heavy atom. The highest BCUT2D eigenvalue weighted by Crippen LogP contribution is 2.55. The Balaban J connectivity index is 1.42. The van der Waals surface area contributed by atoms with Crippen molar-refractivity contribution in [2.75, 3.05) is 11.9 Å². The first-order valence-corrected chi connectivity index (χ1v) is 13.7. The van der Waals surface area contributed by atoms with Gasteiger partial charge in [0.1, 0.15) is 11.6 Å². The summed E-state index contributed by atoms with van der Waals surface area (Å²) in [6, 6.07) is 6.17. The molecular weight excluding hydrogens is 478 g/mol. The summed E-state index contributed by atoms with van der Waals surface area (Å²) in [7, 11) is 0. The zero-order valence-corrected chi connectivity index (χ0v) is 22.0. The minimum Gasteiger partial charge on any atom is -0.359 e. The van der Waals surface area contributed by atoms with Crippen molar-refractivity contribution in [2.24, 2.45) is 23.7 Å². The molecule has 4 aliphatic rings. The minimum absolute atomic E-state index is 0.0754. The Labute approximate surface area is 218 Å². The van der Waals surface area contributed by atoms with Gasteiger partial charge in [0.05, 0.1) is 17.9 Å². The Morgan fingerprint density at radius 1 is 1.17 bits per heavy atom. The largest absolute Gasteiger partial charge is 0.359 e. The summed E-state index contributed by atoms with van der Waals surface area (Å²) in [5.41, 5.74) is -0.515. The van der Waals surface area contributed by atoms with Crippen molar-refractivity contribution in [2.45, 2.75) is 76.7 Å². The second kappa shape index (κ2) is 9.82. The van der Waals surface area contributed by atoms with Gasteiger partial charge in [-0.3, -0.25) is 14.4 Å². The zero-order chi connectivity index (χ0) is 25.6. The lowest BCUT2D eigenvalue weighted by Crippen LogP contribution is -2.58. The van der Waals surface area contributed by atoms with Crippen molar-refractivity contribution in [1.82, 2.24) is 10.2 Å². The average molecular weight is 514 g/mol. The predicted molar refractivity (Wildman–Crippen MR) is 138 cm³/mol. The maximum atomic E-state index is 13.9. The third-order valence-electron chi connectivity index (χ3n) is 8.82. The molecule has 2 saturated heterocycles. The summed E-state index contributed by atoms with van der Waals surface area (Å²) in [6.07, 6.45) is 8.05. The number of nitrogens with zero attached hydrogens (tertiary/aromatic N) is 1. The molecule has 1 aromatic rings. The molecular formula is C28H36ClN3O4. The molecule has 0 unspecified atom stereocenters. The molecule has 3 heterocycles. The summed E-state index contributed by atoms with van der Waals surface area (Å²) in [4.78, 5) is 42.8. The molecule has 1 aliphatic carbocycles. The number of unbranched alkanes of at least 4 members (excludes halogenated alkanes) is 1. The quantitative estimate of drug-likeness (QED) is 0.536. The Kier molecular flexibility index (Phi) is 6.90. The summed E-state index contributed by atoms with van der Waals surface area (Å²) >= 11 is 5.98. The van der Waals surface area contributed by atoms with Crippen molar-refractivity contribution in [3.63, 3.8) is 0 Å². The number of hydrogen-bond donors (Lipinski definition) is 2. The minimum atomic E-state index is -1.12. The van der Waals surface area contributed by atoms with E-state index < -0.39 is 29.6 Å². The number of rotatable bonds is 7. The first-order valence-electron chi connectivity index (χ1n) is 13.3. The topological polar surface area (TPSA) is 87.7 Å². The molecule has 0 radical (unpaired) electrons. The van der Waals surface area contributed by atoms with Gasteiger partial charge in [-0.1, -0.05) is 63.8 Å². The molecule has 1 aromatic carbocycles. The molecule has 2 N–H and O–H groups in total. The number of carbonyl (C=O) groups excluding carboxylic acids is 3. The molecule has 194 valence electrons. The summed E-state index contributed by atoms with van der Waals surface area (Å²) in [5, 5.41) is 6.78. The molecule has 7 nitrogen and oxygen atoms in total. The zero-order valence-electron chi connectivity index (χ0n) is 21.2. The number of nitrogens with one attached hydrogen (secondary N) is 2. The molecule has 3 amide bonds. The second-order valence-corrected chi connectivity index (χ2v) is 11.4. The summed E-state index contributed by atoms with van der Waals surface area (Å²) in [6.45, 7) is 6.96. The summed E-state index contributed by atoms with van der Waals surface area (Å²) in [5.74, 6) is -1.14. The van der Waals surface area contributed by atoms with Crippen molar-refractivity contribution in [3.8, 4) is 0 Å². The van der Waals surface area contributed by atoms with Gasteiger partial charge in [0.15, 0.2) is 0 Å². The van der Waals surface area contributed by atoms with E-state index in [9.17, 15) is 14.4 Å². The van der Waals surface area contributed by atoms with Gasteiger partial charge < -0.3 is 20.3 Å². The number of amides is 3. The molecule has 5 rings (SSSR count). The Morgan fingerprint density at radius 3 is 2.64 bits per heavy atom. The SMILES string of the molecule is CCCCN1C(=O)[C@@H]2[C@H](C(=O)Nc3ccc(Cl)cc3)[C@@H]3C=C[C@@]2(O3)[C@@H]1C(=O)N[C@@H]1CCC[C@H](C)[C@@H]1C. The first kappa shape index (κ1) is 25.3. The van der Waals surface area contributed by atoms with E-state index in [1.165, 1.54) is 6.42 Å². The van der Waals surface area contributed by atoms with Crippen LogP contribution in [0.25, 0.3) is 0 Å². The monoisotopic (exact) mass is 513 g/mol. The maximum Gasteiger partial charge on any atom is 0.246 e. The molecule has 8 heteroatoms. The number of halogens is 1. The lowest BCUT2D eigenvalue weighted by Gasteiger charge is -2.38. The third kappa shape index (κ3) is 4.14. The van der Waals surface area contributed by atoms with Crippen LogP contribution in [-0.4, -0.2) is 53.0 Å². The highest BCUT2D eigenvalue weighted by molar-refractivity contribution is 6.30. The van der Waals surface area contributed by atoms with Gasteiger partial charge in [-0.2, -0.15) is 0 Å². The Bertz CT molecular complexity index is 1060. The van der Waals surface area contributed by atoms with E-state index in [0.717, 1.165) is 25.7 Å². The van der Waals surface area contributed by atoms with Gasteiger partial charge in [0.25, 0.3) is 0 Å². The standard InChI is InChI=1S/C28H36ClN3O4/c1-4-5-15-32-24(26(34)31-20-8-6-7-16(2)17(20)3)28-14-13-21(36-28)22(23(28)27(32)35)25(33)30-19-11-9-18(29)10-12-19/h9-14,16-17,20-24H,4-8,15H2,1-3H3,(H,30,33)(H,31,34)/t16-,17-,20+,21-,22+,23-,24-,28-/m0/s1. The van der Waals surface area contributed by atoms with Crippen molar-refractivity contribution in [3.05, 3.63) is 41.4 Å². The molecule has 8 atom stereocenters. The number of carbonyl (C=O) groups is 3. The first-order chi connectivity index (χ1) is 17.3. The van der Waals surface area contributed by atoms with E-state index in [1.54, 1.807) is 29.2 Å². The fourth-order valence-electron chi connectivity index (χ4n) is 6.64. The van der Waals surface area contributed by atoms with Gasteiger partial charge in [-0.25, -0.2) is 0 Å². The van der Waals surface area contributed by atoms with Gasteiger partial charge in [0.2, 0.25) is 17.7 Å². The molecule has 1 saturated carbocycles. The highest BCUT2D eigenvalue weighted by Gasteiger charge is 2.72. The van der Waals surface area contributed by atoms with Crippen molar-refractivity contribution < 1.29 is 19.1 Å². The lowest BCUT2D eigenvalue weighted by atomic mass is 9.73.